The lowest BCUT2D eigenvalue weighted by molar-refractivity contribution is -0.166. The molecule has 0 heterocycles. The monoisotopic (exact) mass is 1060 g/mol. The van der Waals surface area contributed by atoms with Gasteiger partial charge in [0.05, 0.1) is 6.42 Å². The summed E-state index contributed by atoms with van der Waals surface area (Å²) in [7, 11) is 0. The molecule has 0 N–H and O–H groups in total. The number of allylic oxidation sites excluding steroid dienone is 25. The average molecular weight is 1060 g/mol. The molecule has 0 aromatic heterocycles. The maximum absolute atomic E-state index is 12.9. The number of ether oxygens (including phenoxy) is 3. The first kappa shape index (κ1) is 72.0. The average Bonchev–Trinajstić information content (AvgIpc) is 3.43. The number of unbranched alkanes of at least 4 members (excludes halogenated alkanes) is 18. The van der Waals surface area contributed by atoms with Crippen molar-refractivity contribution in [2.75, 3.05) is 13.2 Å². The van der Waals surface area contributed by atoms with Crippen molar-refractivity contribution >= 4 is 17.9 Å². The summed E-state index contributed by atoms with van der Waals surface area (Å²) in [6.07, 6.45) is 92.7. The molecule has 0 bridgehead atoms. The number of carbonyl (C=O) groups is 3. The third-order valence-electron chi connectivity index (χ3n) is 12.5. The van der Waals surface area contributed by atoms with E-state index in [4.69, 9.17) is 14.2 Å². The van der Waals surface area contributed by atoms with E-state index in [1.54, 1.807) is 6.08 Å². The summed E-state index contributed by atoms with van der Waals surface area (Å²) in [6.45, 7) is 6.20. The minimum Gasteiger partial charge on any atom is -0.462 e. The van der Waals surface area contributed by atoms with Crippen LogP contribution in [0, 0.1) is 0 Å². The number of hydrogen-bond acceptors (Lipinski definition) is 6. The van der Waals surface area contributed by atoms with E-state index in [0.717, 1.165) is 135 Å². The van der Waals surface area contributed by atoms with Crippen molar-refractivity contribution in [3.63, 3.8) is 0 Å². The van der Waals surface area contributed by atoms with Gasteiger partial charge in [0, 0.05) is 12.8 Å². The smallest absolute Gasteiger partial charge is 0.309 e. The molecule has 6 heteroatoms. The fourth-order valence-electron chi connectivity index (χ4n) is 8.03. The summed E-state index contributed by atoms with van der Waals surface area (Å²) in [4.78, 5) is 38.2. The highest BCUT2D eigenvalue weighted by atomic mass is 16.6. The molecule has 0 rings (SSSR count). The molecule has 1 atom stereocenters. The molecule has 0 aliphatic heterocycles. The Kier molecular flexibility index (Phi) is 59.5. The number of esters is 3. The van der Waals surface area contributed by atoms with Crippen molar-refractivity contribution in [2.24, 2.45) is 0 Å². The van der Waals surface area contributed by atoms with Crippen LogP contribution in [0.3, 0.4) is 0 Å². The Bertz CT molecular complexity index is 1740. The van der Waals surface area contributed by atoms with E-state index in [-0.39, 0.29) is 31.6 Å². The van der Waals surface area contributed by atoms with Crippen LogP contribution < -0.4 is 0 Å². The first-order chi connectivity index (χ1) is 38.0. The lowest BCUT2D eigenvalue weighted by Crippen LogP contribution is -2.30. The van der Waals surface area contributed by atoms with Gasteiger partial charge in [0.2, 0.25) is 0 Å². The molecule has 0 aromatic carbocycles. The Morgan fingerprint density at radius 3 is 0.844 bits per heavy atom. The lowest BCUT2D eigenvalue weighted by atomic mass is 10.0. The van der Waals surface area contributed by atoms with Crippen LogP contribution in [0.4, 0.5) is 0 Å². The first-order valence-electron chi connectivity index (χ1n) is 31.0. The van der Waals surface area contributed by atoms with E-state index in [0.29, 0.717) is 12.8 Å². The molecular weight excluding hydrogens is 949 g/mol. The molecule has 432 valence electrons. The van der Waals surface area contributed by atoms with E-state index in [1.165, 1.54) is 77.0 Å². The van der Waals surface area contributed by atoms with Crippen molar-refractivity contribution in [3.8, 4) is 0 Å². The van der Waals surface area contributed by atoms with Crippen LogP contribution in [0.1, 0.15) is 252 Å². The molecule has 0 saturated heterocycles. The van der Waals surface area contributed by atoms with Gasteiger partial charge in [-0.05, 0) is 122 Å². The van der Waals surface area contributed by atoms with Crippen molar-refractivity contribution in [1.82, 2.24) is 0 Å². The second-order valence-corrected chi connectivity index (χ2v) is 19.8. The van der Waals surface area contributed by atoms with Gasteiger partial charge in [-0.15, -0.1) is 0 Å². The third kappa shape index (κ3) is 61.8. The fourth-order valence-corrected chi connectivity index (χ4v) is 8.03. The Labute approximate surface area is 473 Å². The molecule has 0 radical (unpaired) electrons. The predicted octanol–water partition coefficient (Wildman–Crippen LogP) is 21.3. The van der Waals surface area contributed by atoms with Gasteiger partial charge in [-0.2, -0.15) is 0 Å². The van der Waals surface area contributed by atoms with Crippen LogP contribution in [-0.2, 0) is 28.6 Å². The van der Waals surface area contributed by atoms with Crippen LogP contribution in [0.15, 0.2) is 158 Å². The van der Waals surface area contributed by atoms with E-state index in [2.05, 4.69) is 167 Å². The SMILES string of the molecule is CC/C=C\C/C=C\C/C=C\C/C=C\C/C=C\CCCCCCCCCCCCCC(=O)OCC(COC(=O)C/C=C\C/C=C\C/C=C\C/C=C\C/C=C\CC)OC(=O)CCCCCCCCC/C=C\C/C=C\C/C=C\CC. The maximum Gasteiger partial charge on any atom is 0.309 e. The number of carbonyl (C=O) groups excluding carboxylic acids is 3. The molecule has 77 heavy (non-hydrogen) atoms. The summed E-state index contributed by atoms with van der Waals surface area (Å²) in [5.41, 5.74) is 0. The zero-order valence-corrected chi connectivity index (χ0v) is 49.4. The number of hydrogen-bond donors (Lipinski definition) is 0. The second-order valence-electron chi connectivity index (χ2n) is 19.8. The highest BCUT2D eigenvalue weighted by Gasteiger charge is 2.19. The Hall–Kier alpha value is -4.97. The van der Waals surface area contributed by atoms with Gasteiger partial charge < -0.3 is 14.2 Å². The van der Waals surface area contributed by atoms with Crippen LogP contribution in [-0.4, -0.2) is 37.2 Å². The summed E-state index contributed by atoms with van der Waals surface area (Å²) in [6, 6.07) is 0. The van der Waals surface area contributed by atoms with E-state index in [1.807, 2.05) is 6.08 Å². The summed E-state index contributed by atoms with van der Waals surface area (Å²) >= 11 is 0. The Balaban J connectivity index is 4.43. The maximum atomic E-state index is 12.9. The summed E-state index contributed by atoms with van der Waals surface area (Å²) in [5.74, 6) is -1.07. The second kappa shape index (κ2) is 63.6. The molecule has 0 spiro atoms. The molecule has 1 unspecified atom stereocenters. The van der Waals surface area contributed by atoms with Crippen LogP contribution in [0.25, 0.3) is 0 Å². The number of rotatable bonds is 54. The topological polar surface area (TPSA) is 78.9 Å². The van der Waals surface area contributed by atoms with Crippen molar-refractivity contribution < 1.29 is 28.6 Å². The largest absolute Gasteiger partial charge is 0.462 e. The van der Waals surface area contributed by atoms with Crippen LogP contribution in [0.5, 0.6) is 0 Å². The van der Waals surface area contributed by atoms with E-state index < -0.39 is 12.1 Å². The van der Waals surface area contributed by atoms with Gasteiger partial charge in [-0.3, -0.25) is 14.4 Å². The van der Waals surface area contributed by atoms with Gasteiger partial charge in [-0.1, -0.05) is 269 Å². The summed E-state index contributed by atoms with van der Waals surface area (Å²) in [5, 5.41) is 0. The van der Waals surface area contributed by atoms with Gasteiger partial charge in [0.1, 0.15) is 13.2 Å². The normalized spacial score (nSPS) is 13.2. The van der Waals surface area contributed by atoms with Crippen LogP contribution in [0.2, 0.25) is 0 Å². The molecule has 0 fully saturated rings. The fraction of sp³-hybridized carbons (Fsp3) is 0.592. The molecule has 0 aliphatic carbocycles. The Morgan fingerprint density at radius 2 is 0.519 bits per heavy atom. The Morgan fingerprint density at radius 1 is 0.273 bits per heavy atom. The zero-order valence-electron chi connectivity index (χ0n) is 49.4. The van der Waals surface area contributed by atoms with Crippen molar-refractivity contribution in [3.05, 3.63) is 158 Å². The standard InChI is InChI=1S/C71H112O6/c1-4-7-10-13-16-19-22-25-28-30-31-32-33-34-35-36-37-38-39-41-43-46-49-52-55-58-61-64-70(73)76-67-68(66-75-69(72)63-60-57-54-51-48-45-42-27-24-21-18-15-12-9-6-3)77-71(74)65-62-59-56-53-50-47-44-40-29-26-23-20-17-14-11-8-5-2/h7-12,16-21,25-29,31-32,34-35,42,48,51,57,60,68H,4-6,13-15,22-24,30,33,36-41,43-47,49-50,52-56,58-59,61-67H2,1-3H3/b10-7-,11-8-,12-9-,19-16-,20-17-,21-18-,28-25-,29-26-,32-31-,35-34-,42-27-,51-48-,60-57-. The molecule has 0 saturated carbocycles. The van der Waals surface area contributed by atoms with E-state index >= 15 is 0 Å². The quantitative estimate of drug-likeness (QED) is 0.0261. The third-order valence-corrected chi connectivity index (χ3v) is 12.5. The van der Waals surface area contributed by atoms with Crippen molar-refractivity contribution in [2.45, 2.75) is 258 Å². The molecule has 6 nitrogen and oxygen atoms in total. The minimum absolute atomic E-state index is 0.118. The highest BCUT2D eigenvalue weighted by Crippen LogP contribution is 2.15. The first-order valence-corrected chi connectivity index (χ1v) is 31.0. The van der Waals surface area contributed by atoms with Crippen LogP contribution >= 0.6 is 0 Å². The molecule has 0 amide bonds. The predicted molar refractivity (Wildman–Crippen MR) is 334 cm³/mol. The molecule has 0 aromatic rings. The molecular formula is C71H112O6. The van der Waals surface area contributed by atoms with Crippen molar-refractivity contribution in [1.29, 1.82) is 0 Å². The lowest BCUT2D eigenvalue weighted by Gasteiger charge is -2.18. The minimum atomic E-state index is -0.833. The zero-order chi connectivity index (χ0) is 55.7. The van der Waals surface area contributed by atoms with Gasteiger partial charge in [0.15, 0.2) is 6.10 Å². The van der Waals surface area contributed by atoms with Gasteiger partial charge in [-0.25, -0.2) is 0 Å². The summed E-state index contributed by atoms with van der Waals surface area (Å²) < 4.78 is 16.8. The molecule has 0 aliphatic rings. The van der Waals surface area contributed by atoms with Gasteiger partial charge >= 0.3 is 17.9 Å². The van der Waals surface area contributed by atoms with Gasteiger partial charge in [0.25, 0.3) is 0 Å². The van der Waals surface area contributed by atoms with E-state index in [9.17, 15) is 14.4 Å². The highest BCUT2D eigenvalue weighted by molar-refractivity contribution is 5.72.